The average Bonchev–Trinajstić information content (AvgIpc) is 2.77. The van der Waals surface area contributed by atoms with Gasteiger partial charge in [-0.1, -0.05) is 0 Å². The van der Waals surface area contributed by atoms with Gasteiger partial charge in [-0.05, 0) is 13.0 Å². The highest BCUT2D eigenvalue weighted by molar-refractivity contribution is 7.09. The molecule has 0 amide bonds. The largest absolute Gasteiger partial charge is 0.306 e. The second kappa shape index (κ2) is 4.55. The topological polar surface area (TPSA) is 42.7 Å². The summed E-state index contributed by atoms with van der Waals surface area (Å²) in [5, 5.41) is 7.66. The van der Waals surface area contributed by atoms with Crippen molar-refractivity contribution < 1.29 is 0 Å². The number of hydrogen-bond donors (Lipinski definition) is 1. The van der Waals surface area contributed by atoms with Gasteiger partial charge in [-0.25, -0.2) is 0 Å². The van der Waals surface area contributed by atoms with Crippen LogP contribution in [0.5, 0.6) is 0 Å². The molecular weight excluding hydrogens is 208 g/mol. The van der Waals surface area contributed by atoms with Crippen LogP contribution in [-0.4, -0.2) is 14.8 Å². The number of aryl methyl sites for hydroxylation is 2. The van der Waals surface area contributed by atoms with Gasteiger partial charge in [0.25, 0.3) is 0 Å². The van der Waals surface area contributed by atoms with Crippen LogP contribution in [0.3, 0.4) is 0 Å². The molecule has 15 heavy (non-hydrogen) atoms. The molecule has 0 radical (unpaired) electrons. The van der Waals surface area contributed by atoms with Crippen LogP contribution in [-0.2, 0) is 20.1 Å². The molecule has 2 aromatic heterocycles. The lowest BCUT2D eigenvalue weighted by Gasteiger charge is -2.02. The van der Waals surface area contributed by atoms with E-state index < -0.39 is 0 Å². The minimum absolute atomic E-state index is 0.842. The predicted molar refractivity (Wildman–Crippen MR) is 60.6 cm³/mol. The van der Waals surface area contributed by atoms with E-state index in [4.69, 9.17) is 0 Å². The molecule has 0 aromatic carbocycles. The van der Waals surface area contributed by atoms with Crippen molar-refractivity contribution in [1.29, 1.82) is 0 Å². The van der Waals surface area contributed by atoms with Crippen LogP contribution in [0.2, 0.25) is 0 Å². The molecule has 0 bridgehead atoms. The van der Waals surface area contributed by atoms with Gasteiger partial charge < -0.3 is 5.32 Å². The first-order valence-electron chi connectivity index (χ1n) is 4.83. The van der Waals surface area contributed by atoms with Gasteiger partial charge in [0, 0.05) is 31.2 Å². The molecule has 1 N–H and O–H groups in total. The monoisotopic (exact) mass is 222 g/mol. The van der Waals surface area contributed by atoms with Crippen molar-refractivity contribution in [1.82, 2.24) is 20.1 Å². The molecule has 0 aliphatic heterocycles. The Morgan fingerprint density at radius 1 is 1.47 bits per heavy atom. The van der Waals surface area contributed by atoms with E-state index in [-0.39, 0.29) is 0 Å². The Hall–Kier alpha value is -1.20. The first kappa shape index (κ1) is 10.3. The van der Waals surface area contributed by atoms with Gasteiger partial charge in [-0.2, -0.15) is 5.10 Å². The quantitative estimate of drug-likeness (QED) is 0.852. The summed E-state index contributed by atoms with van der Waals surface area (Å²) in [5.41, 5.74) is 4.12. The third kappa shape index (κ3) is 2.64. The highest BCUT2D eigenvalue weighted by Gasteiger charge is 2.01. The van der Waals surface area contributed by atoms with Gasteiger partial charge in [0.15, 0.2) is 0 Å². The molecule has 0 aliphatic rings. The minimum atomic E-state index is 0.842. The number of hydrogen-bond acceptors (Lipinski definition) is 4. The standard InChI is InChI=1S/C10H14N4S/c1-8-3-9(14(2)13-8)4-11-5-10-6-12-7-15-10/h3,6-7,11H,4-5H2,1-2H3. The molecule has 0 fully saturated rings. The normalized spacial score (nSPS) is 10.8. The van der Waals surface area contributed by atoms with Gasteiger partial charge >= 0.3 is 0 Å². The number of rotatable bonds is 4. The molecule has 2 aromatic rings. The Morgan fingerprint density at radius 3 is 2.93 bits per heavy atom. The zero-order valence-corrected chi connectivity index (χ0v) is 9.71. The van der Waals surface area contributed by atoms with E-state index in [2.05, 4.69) is 21.5 Å². The Morgan fingerprint density at radius 2 is 2.33 bits per heavy atom. The Balaban J connectivity index is 1.86. The first-order valence-corrected chi connectivity index (χ1v) is 5.71. The van der Waals surface area contributed by atoms with Crippen LogP contribution in [0, 0.1) is 6.92 Å². The highest BCUT2D eigenvalue weighted by Crippen LogP contribution is 2.06. The van der Waals surface area contributed by atoms with Crippen LogP contribution in [0.4, 0.5) is 0 Å². The lowest BCUT2D eigenvalue weighted by atomic mass is 10.3. The molecule has 2 rings (SSSR count). The van der Waals surface area contributed by atoms with E-state index in [1.54, 1.807) is 11.3 Å². The lowest BCUT2D eigenvalue weighted by molar-refractivity contribution is 0.627. The summed E-state index contributed by atoms with van der Waals surface area (Å²) in [5.74, 6) is 0. The number of thiazole rings is 1. The number of nitrogens with one attached hydrogen (secondary N) is 1. The molecule has 80 valence electrons. The van der Waals surface area contributed by atoms with Crippen LogP contribution < -0.4 is 5.32 Å². The van der Waals surface area contributed by atoms with Crippen LogP contribution in [0.1, 0.15) is 16.3 Å². The van der Waals surface area contributed by atoms with Crippen molar-refractivity contribution in [3.8, 4) is 0 Å². The van der Waals surface area contributed by atoms with Crippen molar-refractivity contribution in [2.45, 2.75) is 20.0 Å². The summed E-state index contributed by atoms with van der Waals surface area (Å²) >= 11 is 1.67. The Kier molecular flexibility index (Phi) is 3.13. The Bertz CT molecular complexity index is 419. The summed E-state index contributed by atoms with van der Waals surface area (Å²) in [6.07, 6.45) is 1.90. The molecule has 4 nitrogen and oxygen atoms in total. The summed E-state index contributed by atoms with van der Waals surface area (Å²) in [7, 11) is 1.97. The molecule has 0 atom stereocenters. The van der Waals surface area contributed by atoms with E-state index >= 15 is 0 Å². The fourth-order valence-corrected chi connectivity index (χ4v) is 2.04. The van der Waals surface area contributed by atoms with Crippen LogP contribution in [0.15, 0.2) is 17.8 Å². The third-order valence-corrected chi connectivity index (χ3v) is 2.97. The fraction of sp³-hybridized carbons (Fsp3) is 0.400. The second-order valence-corrected chi connectivity index (χ2v) is 4.44. The molecule has 5 heteroatoms. The molecular formula is C10H14N4S. The lowest BCUT2D eigenvalue weighted by Crippen LogP contribution is -2.14. The van der Waals surface area contributed by atoms with Gasteiger partial charge in [0.2, 0.25) is 0 Å². The summed E-state index contributed by atoms with van der Waals surface area (Å²) in [6.45, 7) is 3.72. The number of aromatic nitrogens is 3. The summed E-state index contributed by atoms with van der Waals surface area (Å²) < 4.78 is 1.91. The minimum Gasteiger partial charge on any atom is -0.306 e. The summed E-state index contributed by atoms with van der Waals surface area (Å²) in [4.78, 5) is 5.29. The molecule has 2 heterocycles. The van der Waals surface area contributed by atoms with E-state index in [0.29, 0.717) is 0 Å². The molecule has 0 spiro atoms. The smallest absolute Gasteiger partial charge is 0.0794 e. The van der Waals surface area contributed by atoms with E-state index in [0.717, 1.165) is 18.8 Å². The average molecular weight is 222 g/mol. The molecule has 0 saturated carbocycles. The molecule has 0 saturated heterocycles. The van der Waals surface area contributed by atoms with Crippen molar-refractivity contribution >= 4 is 11.3 Å². The van der Waals surface area contributed by atoms with Gasteiger partial charge in [-0.15, -0.1) is 11.3 Å². The maximum atomic E-state index is 4.29. The van der Waals surface area contributed by atoms with E-state index in [1.165, 1.54) is 10.6 Å². The maximum Gasteiger partial charge on any atom is 0.0794 e. The third-order valence-electron chi connectivity index (χ3n) is 2.19. The highest BCUT2D eigenvalue weighted by atomic mass is 32.1. The van der Waals surface area contributed by atoms with Crippen molar-refractivity contribution in [2.24, 2.45) is 7.05 Å². The van der Waals surface area contributed by atoms with Crippen molar-refractivity contribution in [3.63, 3.8) is 0 Å². The van der Waals surface area contributed by atoms with Gasteiger partial charge in [0.1, 0.15) is 0 Å². The zero-order chi connectivity index (χ0) is 10.7. The molecule has 0 aliphatic carbocycles. The maximum absolute atomic E-state index is 4.29. The molecule has 0 unspecified atom stereocenters. The fourth-order valence-electron chi connectivity index (χ4n) is 1.47. The van der Waals surface area contributed by atoms with Crippen LogP contribution in [0.25, 0.3) is 0 Å². The van der Waals surface area contributed by atoms with Crippen LogP contribution >= 0.6 is 11.3 Å². The predicted octanol–water partition coefficient (Wildman–Crippen LogP) is 1.47. The van der Waals surface area contributed by atoms with E-state index in [1.807, 2.05) is 30.4 Å². The zero-order valence-electron chi connectivity index (χ0n) is 8.90. The van der Waals surface area contributed by atoms with Gasteiger partial charge in [-0.3, -0.25) is 9.67 Å². The SMILES string of the molecule is Cc1cc(CNCc2cncs2)n(C)n1. The second-order valence-electron chi connectivity index (χ2n) is 3.47. The van der Waals surface area contributed by atoms with Crippen molar-refractivity contribution in [2.75, 3.05) is 0 Å². The first-order chi connectivity index (χ1) is 7.25. The summed E-state index contributed by atoms with van der Waals surface area (Å²) in [6, 6.07) is 2.10. The van der Waals surface area contributed by atoms with E-state index in [9.17, 15) is 0 Å². The number of nitrogens with zero attached hydrogens (tertiary/aromatic N) is 3. The van der Waals surface area contributed by atoms with Crippen molar-refractivity contribution in [3.05, 3.63) is 34.0 Å². The Labute approximate surface area is 93.0 Å². The van der Waals surface area contributed by atoms with Gasteiger partial charge in [0.05, 0.1) is 16.9 Å².